The van der Waals surface area contributed by atoms with Crippen molar-refractivity contribution >= 4 is 0 Å². The second-order valence-electron chi connectivity index (χ2n) is 5.37. The van der Waals surface area contributed by atoms with Crippen molar-refractivity contribution in [2.75, 3.05) is 20.1 Å². The van der Waals surface area contributed by atoms with Crippen LogP contribution in [0, 0.1) is 6.92 Å². The highest BCUT2D eigenvalue weighted by Gasteiger charge is 2.03. The van der Waals surface area contributed by atoms with E-state index in [1.807, 2.05) is 11.7 Å². The number of nitrogens with one attached hydrogen (secondary N) is 1. The number of nitrogens with zero attached hydrogens (tertiary/aromatic N) is 3. The minimum absolute atomic E-state index is 0.649. The lowest BCUT2D eigenvalue weighted by molar-refractivity contribution is 0.268. The second kappa shape index (κ2) is 7.54. The molecule has 0 aromatic carbocycles. The first kappa shape index (κ1) is 15.2. The van der Waals surface area contributed by atoms with E-state index in [4.69, 9.17) is 0 Å². The van der Waals surface area contributed by atoms with Crippen molar-refractivity contribution in [1.29, 1.82) is 0 Å². The van der Waals surface area contributed by atoms with Crippen molar-refractivity contribution < 1.29 is 0 Å². The molecule has 0 saturated carbocycles. The minimum Gasteiger partial charge on any atom is -0.313 e. The number of aromatic nitrogens is 2. The Kier molecular flexibility index (Phi) is 6.36. The monoisotopic (exact) mass is 252 g/mol. The average Bonchev–Trinajstić information content (AvgIpc) is 2.61. The molecule has 18 heavy (non-hydrogen) atoms. The summed E-state index contributed by atoms with van der Waals surface area (Å²) in [5.41, 5.74) is 2.43. The van der Waals surface area contributed by atoms with Gasteiger partial charge in [-0.1, -0.05) is 0 Å². The van der Waals surface area contributed by atoms with Gasteiger partial charge in [-0.15, -0.1) is 0 Å². The lowest BCUT2D eigenvalue weighted by Crippen LogP contribution is -2.27. The van der Waals surface area contributed by atoms with Crippen molar-refractivity contribution in [2.24, 2.45) is 7.05 Å². The van der Waals surface area contributed by atoms with E-state index in [0.29, 0.717) is 6.04 Å². The molecule has 0 aliphatic carbocycles. The highest BCUT2D eigenvalue weighted by atomic mass is 15.2. The van der Waals surface area contributed by atoms with E-state index in [0.717, 1.165) is 18.8 Å². The summed E-state index contributed by atoms with van der Waals surface area (Å²) in [4.78, 5) is 2.39. The first-order chi connectivity index (χ1) is 8.50. The molecule has 0 atom stereocenters. The van der Waals surface area contributed by atoms with E-state index < -0.39 is 0 Å². The molecule has 0 fully saturated rings. The lowest BCUT2D eigenvalue weighted by Gasteiger charge is -2.20. The second-order valence-corrected chi connectivity index (χ2v) is 5.37. The van der Waals surface area contributed by atoms with Crippen molar-refractivity contribution in [2.45, 2.75) is 46.2 Å². The Bertz CT molecular complexity index is 344. The molecule has 1 rings (SSSR count). The SMILES string of the molecule is Cc1nn(C)cc1CNCCCCN(C)C(C)C. The minimum atomic E-state index is 0.649. The molecule has 4 nitrogen and oxygen atoms in total. The van der Waals surface area contributed by atoms with Crippen LogP contribution in [0.15, 0.2) is 6.20 Å². The molecule has 0 amide bonds. The number of unbranched alkanes of at least 4 members (excludes halogenated alkanes) is 1. The molecule has 0 aliphatic rings. The Labute approximate surface area is 111 Å². The molecule has 0 aliphatic heterocycles. The van der Waals surface area contributed by atoms with Crippen molar-refractivity contribution in [3.63, 3.8) is 0 Å². The van der Waals surface area contributed by atoms with E-state index in [1.165, 1.54) is 24.9 Å². The third-order valence-corrected chi connectivity index (χ3v) is 3.43. The topological polar surface area (TPSA) is 33.1 Å². The van der Waals surface area contributed by atoms with Gasteiger partial charge in [0.15, 0.2) is 0 Å². The van der Waals surface area contributed by atoms with Gasteiger partial charge in [0.25, 0.3) is 0 Å². The third-order valence-electron chi connectivity index (χ3n) is 3.43. The summed E-state index contributed by atoms with van der Waals surface area (Å²) >= 11 is 0. The van der Waals surface area contributed by atoms with Crippen LogP contribution in [-0.4, -0.2) is 40.9 Å². The fourth-order valence-electron chi connectivity index (χ4n) is 1.91. The van der Waals surface area contributed by atoms with Crippen LogP contribution in [0.1, 0.15) is 37.9 Å². The van der Waals surface area contributed by atoms with Crippen LogP contribution in [0.25, 0.3) is 0 Å². The molecule has 1 N–H and O–H groups in total. The maximum absolute atomic E-state index is 4.34. The van der Waals surface area contributed by atoms with Gasteiger partial charge >= 0.3 is 0 Å². The van der Waals surface area contributed by atoms with E-state index in [9.17, 15) is 0 Å². The Morgan fingerprint density at radius 3 is 2.67 bits per heavy atom. The largest absolute Gasteiger partial charge is 0.313 e. The number of rotatable bonds is 8. The maximum atomic E-state index is 4.34. The van der Waals surface area contributed by atoms with Crippen molar-refractivity contribution in [3.8, 4) is 0 Å². The predicted molar refractivity (Wildman–Crippen MR) is 76.7 cm³/mol. The first-order valence-corrected chi connectivity index (χ1v) is 6.90. The van der Waals surface area contributed by atoms with Crippen LogP contribution in [0.3, 0.4) is 0 Å². The van der Waals surface area contributed by atoms with Gasteiger partial charge in [-0.3, -0.25) is 4.68 Å². The average molecular weight is 252 g/mol. The number of aryl methyl sites for hydroxylation is 2. The zero-order valence-corrected chi connectivity index (χ0v) is 12.5. The smallest absolute Gasteiger partial charge is 0.0638 e. The lowest BCUT2D eigenvalue weighted by atomic mass is 10.2. The van der Waals surface area contributed by atoms with E-state index in [2.05, 4.69) is 49.3 Å². The Hall–Kier alpha value is -0.870. The third kappa shape index (κ3) is 5.19. The van der Waals surface area contributed by atoms with Gasteiger partial charge in [-0.2, -0.15) is 5.10 Å². The summed E-state index contributed by atoms with van der Waals surface area (Å²) in [6.07, 6.45) is 4.58. The molecule has 1 heterocycles. The summed E-state index contributed by atoms with van der Waals surface area (Å²) in [7, 11) is 4.16. The Morgan fingerprint density at radius 2 is 2.11 bits per heavy atom. The van der Waals surface area contributed by atoms with Gasteiger partial charge in [0.2, 0.25) is 0 Å². The van der Waals surface area contributed by atoms with Crippen LogP contribution in [0.5, 0.6) is 0 Å². The Balaban J connectivity index is 2.07. The maximum Gasteiger partial charge on any atom is 0.0638 e. The normalized spacial score (nSPS) is 11.7. The van der Waals surface area contributed by atoms with Crippen LogP contribution in [0.4, 0.5) is 0 Å². The van der Waals surface area contributed by atoms with Crippen LogP contribution in [0.2, 0.25) is 0 Å². The molecular weight excluding hydrogens is 224 g/mol. The molecule has 1 aromatic rings. The van der Waals surface area contributed by atoms with Crippen molar-refractivity contribution in [1.82, 2.24) is 20.0 Å². The first-order valence-electron chi connectivity index (χ1n) is 6.90. The highest BCUT2D eigenvalue weighted by Crippen LogP contribution is 2.04. The van der Waals surface area contributed by atoms with Gasteiger partial charge in [0.05, 0.1) is 5.69 Å². The van der Waals surface area contributed by atoms with E-state index >= 15 is 0 Å². The van der Waals surface area contributed by atoms with Gasteiger partial charge in [0, 0.05) is 31.4 Å². The van der Waals surface area contributed by atoms with E-state index in [1.54, 1.807) is 0 Å². The molecule has 104 valence electrons. The van der Waals surface area contributed by atoms with Crippen molar-refractivity contribution in [3.05, 3.63) is 17.5 Å². The Morgan fingerprint density at radius 1 is 1.39 bits per heavy atom. The summed E-state index contributed by atoms with van der Waals surface area (Å²) in [5, 5.41) is 7.83. The van der Waals surface area contributed by atoms with Gasteiger partial charge < -0.3 is 10.2 Å². The number of hydrogen-bond donors (Lipinski definition) is 1. The van der Waals surface area contributed by atoms with Gasteiger partial charge in [-0.25, -0.2) is 0 Å². The molecule has 1 aromatic heterocycles. The molecule has 0 radical (unpaired) electrons. The van der Waals surface area contributed by atoms with E-state index in [-0.39, 0.29) is 0 Å². The molecule has 0 unspecified atom stereocenters. The molecule has 0 saturated heterocycles. The quantitative estimate of drug-likeness (QED) is 0.718. The van der Waals surface area contributed by atoms with Crippen LogP contribution in [-0.2, 0) is 13.6 Å². The van der Waals surface area contributed by atoms with Gasteiger partial charge in [0.1, 0.15) is 0 Å². The molecule has 0 spiro atoms. The summed E-state index contributed by atoms with van der Waals surface area (Å²) < 4.78 is 1.88. The fraction of sp³-hybridized carbons (Fsp3) is 0.786. The molecule has 0 bridgehead atoms. The summed E-state index contributed by atoms with van der Waals surface area (Å²) in [5.74, 6) is 0. The molecular formula is C14H28N4. The molecule has 4 heteroatoms. The van der Waals surface area contributed by atoms with Crippen LogP contribution >= 0.6 is 0 Å². The standard InChI is InChI=1S/C14H28N4/c1-12(2)17(4)9-7-6-8-15-10-14-11-18(5)16-13(14)3/h11-12,15H,6-10H2,1-5H3. The van der Waals surface area contributed by atoms with Gasteiger partial charge in [-0.05, 0) is 53.8 Å². The zero-order chi connectivity index (χ0) is 13.5. The zero-order valence-electron chi connectivity index (χ0n) is 12.5. The summed E-state index contributed by atoms with van der Waals surface area (Å²) in [6.45, 7) is 9.74. The number of hydrogen-bond acceptors (Lipinski definition) is 3. The fourth-order valence-corrected chi connectivity index (χ4v) is 1.91. The predicted octanol–water partition coefficient (Wildman–Crippen LogP) is 1.94. The highest BCUT2D eigenvalue weighted by molar-refractivity contribution is 5.14. The van der Waals surface area contributed by atoms with Crippen LogP contribution < -0.4 is 5.32 Å². The summed E-state index contributed by atoms with van der Waals surface area (Å²) in [6, 6.07) is 0.649.